The van der Waals surface area contributed by atoms with Crippen LogP contribution in [0.2, 0.25) is 0 Å². The second kappa shape index (κ2) is 6.86. The molecule has 0 radical (unpaired) electrons. The molecule has 0 fully saturated rings. The van der Waals surface area contributed by atoms with Crippen LogP contribution in [-0.4, -0.2) is 19.8 Å². The number of hydrogen-bond acceptors (Lipinski definition) is 3. The molecule has 0 atom stereocenters. The number of nitriles is 1. The van der Waals surface area contributed by atoms with Gasteiger partial charge in [-0.25, -0.2) is 0 Å². The molecule has 3 heteroatoms. The van der Waals surface area contributed by atoms with Crippen molar-refractivity contribution in [3.63, 3.8) is 0 Å². The summed E-state index contributed by atoms with van der Waals surface area (Å²) in [5, 5.41) is 8.28. The molecule has 0 aliphatic carbocycles. The van der Waals surface area contributed by atoms with Crippen LogP contribution in [0.4, 0.5) is 0 Å². The second-order valence-corrected chi connectivity index (χ2v) is 3.13. The van der Waals surface area contributed by atoms with E-state index in [2.05, 4.69) is 0 Å². The van der Waals surface area contributed by atoms with Crippen molar-refractivity contribution in [1.29, 1.82) is 5.26 Å². The maximum absolute atomic E-state index is 8.28. The molecule has 0 aliphatic rings. The molecule has 0 bridgehead atoms. The molecule has 0 heterocycles. The van der Waals surface area contributed by atoms with E-state index in [1.165, 1.54) is 0 Å². The van der Waals surface area contributed by atoms with Gasteiger partial charge in [0.15, 0.2) is 0 Å². The van der Waals surface area contributed by atoms with Crippen LogP contribution in [-0.2, 0) is 4.74 Å². The molecule has 0 aliphatic heterocycles. The molecule has 0 spiro atoms. The highest BCUT2D eigenvalue weighted by atomic mass is 16.5. The minimum atomic E-state index is 0.435. The summed E-state index contributed by atoms with van der Waals surface area (Å²) in [4.78, 5) is 0. The van der Waals surface area contributed by atoms with Crippen molar-refractivity contribution in [3.05, 3.63) is 29.8 Å². The highest BCUT2D eigenvalue weighted by molar-refractivity contribution is 5.31. The summed E-state index contributed by atoms with van der Waals surface area (Å²) in [7, 11) is 0. The number of hydrogen-bond donors (Lipinski definition) is 0. The maximum Gasteiger partial charge on any atom is 0.122 e. The first-order chi connectivity index (χ1) is 7.34. The average Bonchev–Trinajstić information content (AvgIpc) is 2.25. The lowest BCUT2D eigenvalue weighted by Gasteiger charge is -2.08. The van der Waals surface area contributed by atoms with Crippen molar-refractivity contribution in [1.82, 2.24) is 0 Å². The zero-order valence-electron chi connectivity index (χ0n) is 8.90. The fraction of sp³-hybridized carbons (Fsp3) is 0.417. The monoisotopic (exact) mass is 205 g/mol. The van der Waals surface area contributed by atoms with Gasteiger partial charge in [-0.1, -0.05) is 18.2 Å². The average molecular weight is 205 g/mol. The number of aryl methyl sites for hydroxylation is 1. The van der Waals surface area contributed by atoms with Gasteiger partial charge in [-0.3, -0.25) is 0 Å². The molecule has 3 nitrogen and oxygen atoms in total. The Morgan fingerprint density at radius 3 is 2.73 bits per heavy atom. The number of ether oxygens (including phenoxy) is 2. The number of benzene rings is 1. The fourth-order valence-corrected chi connectivity index (χ4v) is 1.15. The fourth-order valence-electron chi connectivity index (χ4n) is 1.15. The molecule has 1 aromatic carbocycles. The van der Waals surface area contributed by atoms with Crippen molar-refractivity contribution in [2.75, 3.05) is 19.8 Å². The van der Waals surface area contributed by atoms with Crippen molar-refractivity contribution in [2.45, 2.75) is 13.3 Å². The summed E-state index contributed by atoms with van der Waals surface area (Å²) < 4.78 is 10.7. The lowest BCUT2D eigenvalue weighted by Crippen LogP contribution is -2.07. The van der Waals surface area contributed by atoms with Crippen LogP contribution in [0.25, 0.3) is 0 Å². The summed E-state index contributed by atoms with van der Waals surface area (Å²) in [6, 6.07) is 9.88. The predicted molar refractivity (Wildman–Crippen MR) is 57.7 cm³/mol. The van der Waals surface area contributed by atoms with Gasteiger partial charge in [-0.2, -0.15) is 5.26 Å². The molecule has 1 rings (SSSR count). The van der Waals surface area contributed by atoms with Crippen LogP contribution >= 0.6 is 0 Å². The Bertz CT molecular complexity index is 331. The van der Waals surface area contributed by atoms with Gasteiger partial charge in [-0.05, 0) is 18.6 Å². The van der Waals surface area contributed by atoms with E-state index in [0.717, 1.165) is 11.3 Å². The van der Waals surface area contributed by atoms with Crippen LogP contribution in [0.1, 0.15) is 12.0 Å². The zero-order valence-corrected chi connectivity index (χ0v) is 8.90. The topological polar surface area (TPSA) is 42.2 Å². The molecule has 0 amide bonds. The Balaban J connectivity index is 2.16. The molecular formula is C12H15NO2. The lowest BCUT2D eigenvalue weighted by atomic mass is 10.2. The molecule has 0 saturated heterocycles. The van der Waals surface area contributed by atoms with Crippen molar-refractivity contribution >= 4 is 0 Å². The van der Waals surface area contributed by atoms with Gasteiger partial charge < -0.3 is 9.47 Å². The SMILES string of the molecule is Cc1ccccc1OCCOCCC#N. The molecule has 0 N–H and O–H groups in total. The lowest BCUT2D eigenvalue weighted by molar-refractivity contribution is 0.104. The molecule has 0 saturated carbocycles. The Labute approximate surface area is 90.2 Å². The Hall–Kier alpha value is -1.53. The molecule has 1 aromatic rings. The second-order valence-electron chi connectivity index (χ2n) is 3.13. The normalized spacial score (nSPS) is 9.60. The van der Waals surface area contributed by atoms with E-state index in [0.29, 0.717) is 26.2 Å². The minimum absolute atomic E-state index is 0.435. The third kappa shape index (κ3) is 4.48. The predicted octanol–water partition coefficient (Wildman–Crippen LogP) is 2.30. The number of para-hydroxylation sites is 1. The molecular weight excluding hydrogens is 190 g/mol. The molecule has 80 valence electrons. The van der Waals surface area contributed by atoms with Crippen molar-refractivity contribution in [3.8, 4) is 11.8 Å². The summed E-state index contributed by atoms with van der Waals surface area (Å²) in [5.74, 6) is 0.890. The standard InChI is InChI=1S/C12H15NO2/c1-11-5-2-3-6-12(11)15-10-9-14-8-4-7-13/h2-3,5-6H,4,8-10H2,1H3. The summed E-state index contributed by atoms with van der Waals surface area (Å²) in [6.07, 6.45) is 0.435. The summed E-state index contributed by atoms with van der Waals surface area (Å²) in [6.45, 7) is 3.53. The third-order valence-corrected chi connectivity index (χ3v) is 1.94. The van der Waals surface area contributed by atoms with E-state index in [-0.39, 0.29) is 0 Å². The number of nitrogens with zero attached hydrogens (tertiary/aromatic N) is 1. The maximum atomic E-state index is 8.28. The van der Waals surface area contributed by atoms with E-state index >= 15 is 0 Å². The Morgan fingerprint density at radius 1 is 1.20 bits per heavy atom. The molecule has 0 aromatic heterocycles. The van der Waals surface area contributed by atoms with Gasteiger partial charge >= 0.3 is 0 Å². The quantitative estimate of drug-likeness (QED) is 0.669. The van der Waals surface area contributed by atoms with Gasteiger partial charge in [0.1, 0.15) is 12.4 Å². The molecule has 15 heavy (non-hydrogen) atoms. The van der Waals surface area contributed by atoms with Crippen LogP contribution in [0.3, 0.4) is 0 Å². The smallest absolute Gasteiger partial charge is 0.122 e. The van der Waals surface area contributed by atoms with E-state index in [4.69, 9.17) is 14.7 Å². The summed E-state index contributed by atoms with van der Waals surface area (Å²) in [5.41, 5.74) is 1.12. The van der Waals surface area contributed by atoms with Gasteiger partial charge in [0.2, 0.25) is 0 Å². The van der Waals surface area contributed by atoms with Crippen molar-refractivity contribution in [2.24, 2.45) is 0 Å². The van der Waals surface area contributed by atoms with Crippen LogP contribution < -0.4 is 4.74 Å². The van der Waals surface area contributed by atoms with Crippen LogP contribution in [0, 0.1) is 18.3 Å². The van der Waals surface area contributed by atoms with Crippen molar-refractivity contribution < 1.29 is 9.47 Å². The largest absolute Gasteiger partial charge is 0.491 e. The van der Waals surface area contributed by atoms with E-state index < -0.39 is 0 Å². The van der Waals surface area contributed by atoms with Gasteiger partial charge in [-0.15, -0.1) is 0 Å². The number of rotatable bonds is 6. The van der Waals surface area contributed by atoms with E-state index in [1.54, 1.807) is 0 Å². The first-order valence-corrected chi connectivity index (χ1v) is 4.97. The molecule has 0 unspecified atom stereocenters. The Morgan fingerprint density at radius 2 is 2.00 bits per heavy atom. The van der Waals surface area contributed by atoms with Crippen LogP contribution in [0.15, 0.2) is 24.3 Å². The summed E-state index contributed by atoms with van der Waals surface area (Å²) >= 11 is 0. The van der Waals surface area contributed by atoms with Gasteiger partial charge in [0, 0.05) is 0 Å². The van der Waals surface area contributed by atoms with Gasteiger partial charge in [0.25, 0.3) is 0 Å². The Kier molecular flexibility index (Phi) is 5.28. The first kappa shape index (κ1) is 11.5. The first-order valence-electron chi connectivity index (χ1n) is 4.97. The van der Waals surface area contributed by atoms with Crippen LogP contribution in [0.5, 0.6) is 5.75 Å². The van der Waals surface area contributed by atoms with Gasteiger partial charge in [0.05, 0.1) is 25.7 Å². The third-order valence-electron chi connectivity index (χ3n) is 1.94. The van der Waals surface area contributed by atoms with E-state index in [9.17, 15) is 0 Å². The highest BCUT2D eigenvalue weighted by Crippen LogP contribution is 2.15. The van der Waals surface area contributed by atoms with E-state index in [1.807, 2.05) is 37.3 Å². The minimum Gasteiger partial charge on any atom is -0.491 e. The highest BCUT2D eigenvalue weighted by Gasteiger charge is 1.96. The zero-order chi connectivity index (χ0) is 10.9.